The lowest BCUT2D eigenvalue weighted by Gasteiger charge is -2.41. The maximum atomic E-state index is 6.87. The summed E-state index contributed by atoms with van der Waals surface area (Å²) in [6.45, 7) is 27.9. The lowest BCUT2D eigenvalue weighted by molar-refractivity contribution is 0.232. The van der Waals surface area contributed by atoms with Crippen LogP contribution in [-0.2, 0) is 11.8 Å². The molecular formula is C50H62N4O. The first-order chi connectivity index (χ1) is 26.2. The molecule has 0 aliphatic heterocycles. The zero-order valence-corrected chi connectivity index (χ0v) is 35.4. The van der Waals surface area contributed by atoms with Gasteiger partial charge in [-0.2, -0.15) is 5.10 Å². The maximum absolute atomic E-state index is 6.87. The molecule has 3 aromatic carbocycles. The highest BCUT2D eigenvalue weighted by molar-refractivity contribution is 6.09. The molecule has 0 saturated heterocycles. The number of fused-ring (bicyclic) bond motifs is 3. The molecule has 3 heterocycles. The molecule has 0 saturated carbocycles. The first-order valence-corrected chi connectivity index (χ1v) is 20.8. The average Bonchev–Trinajstić information content (AvgIpc) is 3.62. The number of hydrogen-bond acceptors (Lipinski definition) is 3. The van der Waals surface area contributed by atoms with Crippen molar-refractivity contribution in [2.45, 2.75) is 114 Å². The van der Waals surface area contributed by atoms with Gasteiger partial charge in [0, 0.05) is 46.3 Å². The highest BCUT2D eigenvalue weighted by atomic mass is 16.5. The summed E-state index contributed by atoms with van der Waals surface area (Å²) in [6, 6.07) is 26.1. The second-order valence-electron chi connectivity index (χ2n) is 18.2. The van der Waals surface area contributed by atoms with Gasteiger partial charge in [0.2, 0.25) is 0 Å². The highest BCUT2D eigenvalue weighted by Crippen LogP contribution is 2.50. The van der Waals surface area contributed by atoms with Crippen molar-refractivity contribution in [1.29, 1.82) is 0 Å². The van der Waals surface area contributed by atoms with Gasteiger partial charge in [-0.1, -0.05) is 106 Å². The van der Waals surface area contributed by atoms with E-state index in [0.717, 1.165) is 52.6 Å². The van der Waals surface area contributed by atoms with Gasteiger partial charge in [-0.15, -0.1) is 0 Å². The SMILES string of the molecule is CCCc1ccnc(-n2c3ccccc3c3ccc(Oc4cc(-n5nc(C)c([C@H]6C(C(C)C)=C[C@H](C(C)C)C[C@@H]6C(C)C)c5C)cc(C(C)(C)C)c4)cc32)c1. The van der Waals surface area contributed by atoms with Crippen LogP contribution in [0.1, 0.15) is 116 Å². The molecule has 0 spiro atoms. The van der Waals surface area contributed by atoms with Crippen molar-refractivity contribution in [3.8, 4) is 23.0 Å². The van der Waals surface area contributed by atoms with Gasteiger partial charge in [0.1, 0.15) is 17.3 Å². The second-order valence-corrected chi connectivity index (χ2v) is 18.2. The Morgan fingerprint density at radius 1 is 0.818 bits per heavy atom. The molecule has 3 atom stereocenters. The molecule has 5 nitrogen and oxygen atoms in total. The van der Waals surface area contributed by atoms with Crippen LogP contribution in [0, 0.1) is 43.4 Å². The second kappa shape index (κ2) is 15.1. The summed E-state index contributed by atoms with van der Waals surface area (Å²) >= 11 is 0. The topological polar surface area (TPSA) is 44.9 Å². The summed E-state index contributed by atoms with van der Waals surface area (Å²) in [7, 11) is 0. The van der Waals surface area contributed by atoms with Gasteiger partial charge in [-0.05, 0) is 115 Å². The molecule has 0 radical (unpaired) electrons. The first-order valence-electron chi connectivity index (χ1n) is 20.8. The third kappa shape index (κ3) is 7.39. The van der Waals surface area contributed by atoms with Crippen molar-refractivity contribution in [3.05, 3.63) is 119 Å². The number of benzene rings is 3. The Morgan fingerprint density at radius 3 is 2.25 bits per heavy atom. The molecular weight excluding hydrogens is 673 g/mol. The third-order valence-corrected chi connectivity index (χ3v) is 12.2. The summed E-state index contributed by atoms with van der Waals surface area (Å²) in [6.07, 6.45) is 7.91. The Hall–Kier alpha value is -4.64. The zero-order valence-electron chi connectivity index (χ0n) is 35.4. The van der Waals surface area contributed by atoms with Crippen molar-refractivity contribution in [1.82, 2.24) is 19.3 Å². The van der Waals surface area contributed by atoms with E-state index >= 15 is 0 Å². The Kier molecular flexibility index (Phi) is 10.6. The van der Waals surface area contributed by atoms with Crippen LogP contribution >= 0.6 is 0 Å². The number of hydrogen-bond donors (Lipinski definition) is 0. The smallest absolute Gasteiger partial charge is 0.137 e. The normalized spacial score (nSPS) is 17.9. The fourth-order valence-electron chi connectivity index (χ4n) is 9.15. The minimum Gasteiger partial charge on any atom is -0.457 e. The summed E-state index contributed by atoms with van der Waals surface area (Å²) in [5, 5.41) is 7.71. The van der Waals surface area contributed by atoms with Crippen LogP contribution in [0.25, 0.3) is 33.3 Å². The molecule has 6 aromatic rings. The largest absolute Gasteiger partial charge is 0.457 e. The summed E-state index contributed by atoms with van der Waals surface area (Å²) in [5.41, 5.74) is 11.0. The van der Waals surface area contributed by atoms with E-state index in [4.69, 9.17) is 14.8 Å². The fourth-order valence-corrected chi connectivity index (χ4v) is 9.15. The number of nitrogens with zero attached hydrogens (tertiary/aromatic N) is 4. The molecule has 1 aliphatic carbocycles. The van der Waals surface area contributed by atoms with Crippen LogP contribution in [0.2, 0.25) is 0 Å². The third-order valence-electron chi connectivity index (χ3n) is 12.2. The van der Waals surface area contributed by atoms with Gasteiger partial charge in [0.15, 0.2) is 0 Å². The number of aromatic nitrogens is 4. The Balaban J connectivity index is 1.33. The molecule has 0 fully saturated rings. The Labute approximate surface area is 329 Å². The van der Waals surface area contributed by atoms with Crippen molar-refractivity contribution >= 4 is 21.8 Å². The van der Waals surface area contributed by atoms with Gasteiger partial charge in [-0.3, -0.25) is 4.57 Å². The minimum atomic E-state index is -0.0931. The van der Waals surface area contributed by atoms with Gasteiger partial charge in [-0.25, -0.2) is 9.67 Å². The van der Waals surface area contributed by atoms with E-state index in [2.05, 4.69) is 171 Å². The molecule has 3 aromatic heterocycles. The molecule has 288 valence electrons. The minimum absolute atomic E-state index is 0.0931. The molecule has 5 heteroatoms. The number of para-hydroxylation sites is 1. The van der Waals surface area contributed by atoms with Gasteiger partial charge >= 0.3 is 0 Å². The molecule has 0 amide bonds. The number of allylic oxidation sites excluding steroid dienone is 2. The van der Waals surface area contributed by atoms with Crippen LogP contribution in [0.3, 0.4) is 0 Å². The van der Waals surface area contributed by atoms with Crippen LogP contribution < -0.4 is 4.74 Å². The van der Waals surface area contributed by atoms with E-state index < -0.39 is 0 Å². The quantitative estimate of drug-likeness (QED) is 0.132. The van der Waals surface area contributed by atoms with Crippen LogP contribution in [0.5, 0.6) is 11.5 Å². The van der Waals surface area contributed by atoms with Crippen LogP contribution in [-0.4, -0.2) is 19.3 Å². The predicted octanol–water partition coefficient (Wildman–Crippen LogP) is 13.6. The maximum Gasteiger partial charge on any atom is 0.137 e. The van der Waals surface area contributed by atoms with E-state index in [1.165, 1.54) is 39.6 Å². The number of ether oxygens (including phenoxy) is 1. The Morgan fingerprint density at radius 2 is 1.56 bits per heavy atom. The van der Waals surface area contributed by atoms with Gasteiger partial charge in [0.25, 0.3) is 0 Å². The van der Waals surface area contributed by atoms with Gasteiger partial charge < -0.3 is 4.74 Å². The van der Waals surface area contributed by atoms with Crippen LogP contribution in [0.15, 0.2) is 90.6 Å². The molecule has 0 unspecified atom stereocenters. The summed E-state index contributed by atoms with van der Waals surface area (Å²) in [4.78, 5) is 4.86. The molecule has 55 heavy (non-hydrogen) atoms. The van der Waals surface area contributed by atoms with Crippen LogP contribution in [0.4, 0.5) is 0 Å². The van der Waals surface area contributed by atoms with E-state index in [1.807, 2.05) is 6.20 Å². The van der Waals surface area contributed by atoms with Crippen molar-refractivity contribution in [3.63, 3.8) is 0 Å². The molecule has 1 aliphatic rings. The lowest BCUT2D eigenvalue weighted by atomic mass is 9.63. The van der Waals surface area contributed by atoms with Crippen molar-refractivity contribution in [2.24, 2.45) is 29.6 Å². The first kappa shape index (κ1) is 38.6. The standard InChI is InChI=1S/C50H62N4O/c1-13-16-35-21-22-51-47(23-35)53-45-18-15-14-17-41(45)42-20-19-39(29-46(42)53)55-40-27-37(50(10,11)12)26-38(28-40)54-34(9)48(33(8)52-54)49-43(31(4)5)24-36(30(2)3)25-44(49)32(6)7/h14-15,17-24,26-32,36,44,49H,13,16,25H2,1-12H3/t36-,44+,49-/m0/s1. The molecule has 7 rings (SSSR count). The summed E-state index contributed by atoms with van der Waals surface area (Å²) in [5.74, 6) is 5.76. The Bertz CT molecular complexity index is 2360. The van der Waals surface area contributed by atoms with E-state index in [9.17, 15) is 0 Å². The highest BCUT2D eigenvalue weighted by Gasteiger charge is 2.39. The predicted molar refractivity (Wildman–Crippen MR) is 231 cm³/mol. The van der Waals surface area contributed by atoms with E-state index in [-0.39, 0.29) is 5.41 Å². The lowest BCUT2D eigenvalue weighted by Crippen LogP contribution is -2.31. The zero-order chi connectivity index (χ0) is 39.3. The number of pyridine rings is 1. The number of rotatable bonds is 10. The molecule has 0 N–H and O–H groups in total. The summed E-state index contributed by atoms with van der Waals surface area (Å²) < 4.78 is 11.3. The fraction of sp³-hybridized carbons (Fsp3) is 0.440. The van der Waals surface area contributed by atoms with Crippen molar-refractivity contribution < 1.29 is 4.74 Å². The average molecular weight is 735 g/mol. The van der Waals surface area contributed by atoms with Gasteiger partial charge in [0.05, 0.1) is 22.4 Å². The molecule has 0 bridgehead atoms. The van der Waals surface area contributed by atoms with Crippen molar-refractivity contribution in [2.75, 3.05) is 0 Å². The monoisotopic (exact) mass is 734 g/mol. The number of aryl methyl sites for hydroxylation is 2. The van der Waals surface area contributed by atoms with E-state index in [0.29, 0.717) is 35.5 Å². The van der Waals surface area contributed by atoms with E-state index in [1.54, 1.807) is 5.57 Å².